The predicted octanol–water partition coefficient (Wildman–Crippen LogP) is 4.15. The zero-order valence-electron chi connectivity index (χ0n) is 16.2. The molecule has 2 rings (SSSR count). The van der Waals surface area contributed by atoms with Crippen LogP contribution in [0.4, 0.5) is 0 Å². The van der Waals surface area contributed by atoms with Crippen molar-refractivity contribution in [2.45, 2.75) is 31.9 Å². The number of benzene rings is 1. The van der Waals surface area contributed by atoms with Gasteiger partial charge in [0.1, 0.15) is 0 Å². The van der Waals surface area contributed by atoms with Gasteiger partial charge in [-0.1, -0.05) is 50.2 Å². The number of rotatable bonds is 9. The first-order valence-electron chi connectivity index (χ1n) is 8.96. The summed E-state index contributed by atoms with van der Waals surface area (Å²) >= 11 is 1.77. The van der Waals surface area contributed by atoms with Crippen LogP contribution >= 0.6 is 35.3 Å². The van der Waals surface area contributed by atoms with Crippen molar-refractivity contribution in [1.29, 1.82) is 0 Å². The standard InChI is InChI=1S/C20H29N3OS2.HI/c1-4-21-19(23-16-20(2,3)18-11-8-13-25-18)22-12-14-26(24)15-17-9-6-5-7-10-17;/h5-11,13H,4,12,14-16H2,1-3H3,(H2,21,22,23);1H. The van der Waals surface area contributed by atoms with E-state index in [2.05, 4.69) is 48.9 Å². The van der Waals surface area contributed by atoms with E-state index in [0.717, 1.165) is 18.1 Å². The van der Waals surface area contributed by atoms with Crippen molar-refractivity contribution in [3.8, 4) is 0 Å². The van der Waals surface area contributed by atoms with E-state index >= 15 is 0 Å². The summed E-state index contributed by atoms with van der Waals surface area (Å²) in [6, 6.07) is 14.2. The second kappa shape index (κ2) is 12.5. The van der Waals surface area contributed by atoms with Crippen molar-refractivity contribution in [1.82, 2.24) is 10.6 Å². The second-order valence-corrected chi connectivity index (χ2v) is 9.28. The maximum atomic E-state index is 12.2. The molecule has 4 nitrogen and oxygen atoms in total. The van der Waals surface area contributed by atoms with Gasteiger partial charge in [0, 0.05) is 45.7 Å². The van der Waals surface area contributed by atoms with Gasteiger partial charge in [-0.05, 0) is 23.9 Å². The maximum Gasteiger partial charge on any atom is 0.191 e. The fourth-order valence-corrected chi connectivity index (χ4v) is 4.36. The van der Waals surface area contributed by atoms with Crippen molar-refractivity contribution in [3.63, 3.8) is 0 Å². The molecule has 0 aliphatic rings. The minimum absolute atomic E-state index is 0. The Morgan fingerprint density at radius 1 is 1.15 bits per heavy atom. The number of thiophene rings is 1. The lowest BCUT2D eigenvalue weighted by molar-refractivity contribution is 0.548. The van der Waals surface area contributed by atoms with Crippen LogP contribution in [0.15, 0.2) is 52.8 Å². The SMILES string of the molecule is CCNC(=NCC(C)(C)c1cccs1)NCCS(=O)Cc1ccccc1.I. The molecule has 0 bridgehead atoms. The summed E-state index contributed by atoms with van der Waals surface area (Å²) in [6.45, 7) is 8.62. The van der Waals surface area contributed by atoms with E-state index in [-0.39, 0.29) is 29.4 Å². The molecule has 1 atom stereocenters. The van der Waals surface area contributed by atoms with Gasteiger partial charge in [0.25, 0.3) is 0 Å². The van der Waals surface area contributed by atoms with Gasteiger partial charge in [-0.15, -0.1) is 35.3 Å². The molecule has 0 spiro atoms. The van der Waals surface area contributed by atoms with E-state index < -0.39 is 10.8 Å². The summed E-state index contributed by atoms with van der Waals surface area (Å²) in [5, 5.41) is 8.68. The first kappa shape index (κ1) is 24.1. The summed E-state index contributed by atoms with van der Waals surface area (Å²) in [5.74, 6) is 1.99. The summed E-state index contributed by atoms with van der Waals surface area (Å²) in [6.07, 6.45) is 0. The number of hydrogen-bond donors (Lipinski definition) is 2. The average molecular weight is 520 g/mol. The molecule has 0 amide bonds. The lowest BCUT2D eigenvalue weighted by Gasteiger charge is -2.21. The van der Waals surface area contributed by atoms with Crippen LogP contribution in [0.2, 0.25) is 0 Å². The molecular weight excluding hydrogens is 489 g/mol. The molecule has 0 saturated carbocycles. The minimum Gasteiger partial charge on any atom is -0.357 e. The van der Waals surface area contributed by atoms with Gasteiger partial charge in [-0.2, -0.15) is 0 Å². The number of nitrogens with zero attached hydrogens (tertiary/aromatic N) is 1. The topological polar surface area (TPSA) is 53.5 Å². The van der Waals surface area contributed by atoms with Crippen LogP contribution in [0.5, 0.6) is 0 Å². The van der Waals surface area contributed by atoms with Gasteiger partial charge in [-0.3, -0.25) is 9.20 Å². The molecule has 0 aliphatic carbocycles. The van der Waals surface area contributed by atoms with Gasteiger partial charge in [0.2, 0.25) is 0 Å². The molecule has 0 fully saturated rings. The predicted molar refractivity (Wildman–Crippen MR) is 130 cm³/mol. The molecule has 7 heteroatoms. The molecule has 2 N–H and O–H groups in total. The fourth-order valence-electron chi connectivity index (χ4n) is 2.48. The Hall–Kier alpha value is -0.930. The van der Waals surface area contributed by atoms with Gasteiger partial charge >= 0.3 is 0 Å². The van der Waals surface area contributed by atoms with Crippen molar-refractivity contribution >= 4 is 52.1 Å². The number of halogens is 1. The second-order valence-electron chi connectivity index (χ2n) is 6.76. The minimum atomic E-state index is -0.880. The summed E-state index contributed by atoms with van der Waals surface area (Å²) in [5.41, 5.74) is 1.12. The first-order valence-corrected chi connectivity index (χ1v) is 11.3. The number of guanidine groups is 1. The third-order valence-electron chi connectivity index (χ3n) is 3.96. The zero-order valence-corrected chi connectivity index (χ0v) is 20.2. The van der Waals surface area contributed by atoms with Gasteiger partial charge in [0.05, 0.1) is 6.54 Å². The Labute approximate surface area is 186 Å². The molecule has 1 aromatic carbocycles. The first-order chi connectivity index (χ1) is 12.5. The monoisotopic (exact) mass is 519 g/mol. The van der Waals surface area contributed by atoms with Crippen LogP contribution in [0, 0.1) is 0 Å². The van der Waals surface area contributed by atoms with Crippen LogP contribution in [0.1, 0.15) is 31.2 Å². The highest BCUT2D eigenvalue weighted by molar-refractivity contribution is 14.0. The fraction of sp³-hybridized carbons (Fsp3) is 0.450. The Morgan fingerprint density at radius 2 is 1.89 bits per heavy atom. The van der Waals surface area contributed by atoms with Gasteiger partial charge < -0.3 is 10.6 Å². The summed E-state index contributed by atoms with van der Waals surface area (Å²) in [7, 11) is -0.880. The molecule has 0 saturated heterocycles. The molecular formula is C20H30IN3OS2. The third-order valence-corrected chi connectivity index (χ3v) is 6.51. The van der Waals surface area contributed by atoms with Crippen molar-refractivity contribution in [3.05, 3.63) is 58.3 Å². The van der Waals surface area contributed by atoms with Gasteiger partial charge in [-0.25, -0.2) is 0 Å². The van der Waals surface area contributed by atoms with E-state index in [1.165, 1.54) is 4.88 Å². The molecule has 1 unspecified atom stereocenters. The van der Waals surface area contributed by atoms with Crippen molar-refractivity contribution in [2.75, 3.05) is 25.4 Å². The number of nitrogens with one attached hydrogen (secondary N) is 2. The molecule has 1 aromatic heterocycles. The molecule has 2 aromatic rings. The lowest BCUT2D eigenvalue weighted by atomic mass is 9.92. The Morgan fingerprint density at radius 3 is 2.52 bits per heavy atom. The highest BCUT2D eigenvalue weighted by Gasteiger charge is 2.21. The lowest BCUT2D eigenvalue weighted by Crippen LogP contribution is -2.40. The molecule has 0 radical (unpaired) electrons. The summed E-state index contributed by atoms with van der Waals surface area (Å²) < 4.78 is 12.2. The van der Waals surface area contributed by atoms with Crippen molar-refractivity contribution < 1.29 is 4.21 Å². The molecule has 1 heterocycles. The van der Waals surface area contributed by atoms with Crippen LogP contribution in [-0.4, -0.2) is 35.6 Å². The van der Waals surface area contributed by atoms with Crippen LogP contribution in [0.25, 0.3) is 0 Å². The number of aliphatic imine (C=N–C) groups is 1. The van der Waals surface area contributed by atoms with Crippen LogP contribution < -0.4 is 10.6 Å². The van der Waals surface area contributed by atoms with Crippen LogP contribution in [-0.2, 0) is 22.0 Å². The Balaban J connectivity index is 0.00000364. The third kappa shape index (κ3) is 8.74. The quantitative estimate of drug-likeness (QED) is 0.298. The highest BCUT2D eigenvalue weighted by atomic mass is 127. The Bertz CT molecular complexity index is 703. The van der Waals surface area contributed by atoms with E-state index in [1.807, 2.05) is 30.3 Å². The largest absolute Gasteiger partial charge is 0.357 e. The maximum absolute atomic E-state index is 12.2. The smallest absolute Gasteiger partial charge is 0.191 e. The van der Waals surface area contributed by atoms with E-state index in [9.17, 15) is 4.21 Å². The van der Waals surface area contributed by atoms with Crippen molar-refractivity contribution in [2.24, 2.45) is 4.99 Å². The Kier molecular flexibility index (Phi) is 11.2. The van der Waals surface area contributed by atoms with Gasteiger partial charge in [0.15, 0.2) is 5.96 Å². The highest BCUT2D eigenvalue weighted by Crippen LogP contribution is 2.27. The average Bonchev–Trinajstić information content (AvgIpc) is 3.16. The van der Waals surface area contributed by atoms with E-state index in [0.29, 0.717) is 24.6 Å². The number of hydrogen-bond acceptors (Lipinski definition) is 3. The molecule has 27 heavy (non-hydrogen) atoms. The zero-order chi connectivity index (χ0) is 18.8. The van der Waals surface area contributed by atoms with Crippen LogP contribution in [0.3, 0.4) is 0 Å². The van der Waals surface area contributed by atoms with E-state index in [4.69, 9.17) is 4.99 Å². The normalized spacial score (nSPS) is 12.9. The molecule has 0 aliphatic heterocycles. The summed E-state index contributed by atoms with van der Waals surface area (Å²) in [4.78, 5) is 6.06. The van der Waals surface area contributed by atoms with E-state index in [1.54, 1.807) is 11.3 Å². The molecule has 150 valence electrons.